The third kappa shape index (κ3) is 3.20. The Balaban J connectivity index is 1.84. The zero-order chi connectivity index (χ0) is 17.1. The summed E-state index contributed by atoms with van der Waals surface area (Å²) in [5.41, 5.74) is 11.0. The first-order valence-electron chi connectivity index (χ1n) is 7.47. The Morgan fingerprint density at radius 2 is 1.29 bits per heavy atom. The van der Waals surface area contributed by atoms with Crippen LogP contribution in [0.4, 0.5) is 0 Å². The molecule has 3 rings (SSSR count). The van der Waals surface area contributed by atoms with Gasteiger partial charge in [0.2, 0.25) is 0 Å². The molecule has 3 aromatic rings. The van der Waals surface area contributed by atoms with Gasteiger partial charge in [-0.25, -0.2) is 0 Å². The number of aromatic nitrogens is 2. The van der Waals surface area contributed by atoms with Gasteiger partial charge in [0, 0.05) is 40.4 Å². The zero-order valence-electron chi connectivity index (χ0n) is 13.2. The topological polar surface area (TPSA) is 99.5 Å². The molecule has 0 saturated heterocycles. The van der Waals surface area contributed by atoms with E-state index >= 15 is 0 Å². The molecule has 0 aliphatic heterocycles. The van der Waals surface area contributed by atoms with Gasteiger partial charge in [-0.1, -0.05) is 24.3 Å². The van der Waals surface area contributed by atoms with E-state index in [0.29, 0.717) is 11.3 Å². The highest BCUT2D eigenvalue weighted by Gasteiger charge is 2.04. The van der Waals surface area contributed by atoms with Gasteiger partial charge in [0.1, 0.15) is 5.84 Å². The van der Waals surface area contributed by atoms with Gasteiger partial charge in [0.05, 0.1) is 11.4 Å². The minimum absolute atomic E-state index is 0.0551. The number of benzene rings is 1. The van der Waals surface area contributed by atoms with E-state index in [2.05, 4.69) is 9.97 Å². The maximum atomic E-state index is 7.60. The number of hydrogen-bond acceptors (Lipinski definition) is 4. The number of pyridine rings is 2. The molecule has 0 fully saturated rings. The number of nitrogen functional groups attached to an aromatic ring is 1. The summed E-state index contributed by atoms with van der Waals surface area (Å²) in [4.78, 5) is 8.88. The van der Waals surface area contributed by atoms with Crippen LogP contribution in [0.15, 0.2) is 60.9 Å². The second-order valence-corrected chi connectivity index (χ2v) is 5.48. The van der Waals surface area contributed by atoms with E-state index in [9.17, 15) is 0 Å². The lowest BCUT2D eigenvalue weighted by Crippen LogP contribution is -2.10. The summed E-state index contributed by atoms with van der Waals surface area (Å²) in [6.07, 6.45) is 3.49. The number of hydrogen-bond donors (Lipinski definition) is 3. The van der Waals surface area contributed by atoms with Crippen molar-refractivity contribution < 1.29 is 0 Å². The second-order valence-electron chi connectivity index (χ2n) is 5.48. The SMILES string of the molecule is CC(=N)c1ccc(-c2ccc(-c3ccc(C(=N)N)cc3)nc2)nc1. The van der Waals surface area contributed by atoms with Crippen LogP contribution in [0.5, 0.6) is 0 Å². The summed E-state index contributed by atoms with van der Waals surface area (Å²) in [6, 6.07) is 15.1. The van der Waals surface area contributed by atoms with Crippen molar-refractivity contribution in [1.82, 2.24) is 9.97 Å². The molecule has 2 aromatic heterocycles. The molecule has 0 saturated carbocycles. The van der Waals surface area contributed by atoms with Crippen LogP contribution in [-0.4, -0.2) is 21.5 Å². The van der Waals surface area contributed by atoms with Gasteiger partial charge in [-0.15, -0.1) is 0 Å². The van der Waals surface area contributed by atoms with Crippen molar-refractivity contribution in [2.45, 2.75) is 6.92 Å². The third-order valence-corrected chi connectivity index (χ3v) is 3.75. The third-order valence-electron chi connectivity index (χ3n) is 3.75. The van der Waals surface area contributed by atoms with Crippen molar-refractivity contribution in [2.24, 2.45) is 5.73 Å². The standard InChI is InChI=1S/C19H17N5/c1-12(20)15-6-8-18(23-10-15)16-7-9-17(24-11-16)13-2-4-14(5-3-13)19(21)22/h2-11,20H,1H3,(H3,21,22). The van der Waals surface area contributed by atoms with E-state index in [1.165, 1.54) is 0 Å². The molecule has 0 amide bonds. The minimum Gasteiger partial charge on any atom is -0.384 e. The molecule has 0 atom stereocenters. The van der Waals surface area contributed by atoms with Crippen LogP contribution in [0.2, 0.25) is 0 Å². The summed E-state index contributed by atoms with van der Waals surface area (Å²) in [6.45, 7) is 1.74. The predicted octanol–water partition coefficient (Wildman–Crippen LogP) is 3.48. The Morgan fingerprint density at radius 1 is 0.750 bits per heavy atom. The van der Waals surface area contributed by atoms with E-state index in [1.54, 1.807) is 19.3 Å². The molecule has 5 nitrogen and oxygen atoms in total. The Morgan fingerprint density at radius 3 is 1.79 bits per heavy atom. The van der Waals surface area contributed by atoms with Crippen molar-refractivity contribution in [3.05, 3.63) is 72.1 Å². The van der Waals surface area contributed by atoms with Gasteiger partial charge < -0.3 is 11.1 Å². The summed E-state index contributed by atoms with van der Waals surface area (Å²) >= 11 is 0. The molecule has 1 aromatic carbocycles. The molecule has 0 aliphatic carbocycles. The average Bonchev–Trinajstić information content (AvgIpc) is 2.62. The number of rotatable bonds is 4. The molecule has 0 unspecified atom stereocenters. The Labute approximate surface area is 140 Å². The van der Waals surface area contributed by atoms with Crippen LogP contribution >= 0.6 is 0 Å². The predicted molar refractivity (Wildman–Crippen MR) is 96.4 cm³/mol. The van der Waals surface area contributed by atoms with Crippen molar-refractivity contribution in [3.8, 4) is 22.5 Å². The quantitative estimate of drug-likeness (QED) is 0.507. The van der Waals surface area contributed by atoms with Gasteiger partial charge in [0.15, 0.2) is 0 Å². The molecule has 0 bridgehead atoms. The number of nitrogens with zero attached hydrogens (tertiary/aromatic N) is 2. The lowest BCUT2D eigenvalue weighted by Gasteiger charge is -2.05. The van der Waals surface area contributed by atoms with Gasteiger partial charge in [-0.05, 0) is 31.2 Å². The fourth-order valence-corrected chi connectivity index (χ4v) is 2.32. The van der Waals surface area contributed by atoms with Gasteiger partial charge in [-0.2, -0.15) is 0 Å². The van der Waals surface area contributed by atoms with Gasteiger partial charge >= 0.3 is 0 Å². The monoisotopic (exact) mass is 315 g/mol. The fraction of sp³-hybridized carbons (Fsp3) is 0.0526. The van der Waals surface area contributed by atoms with Crippen LogP contribution in [0.3, 0.4) is 0 Å². The number of nitrogens with one attached hydrogen (secondary N) is 2. The van der Waals surface area contributed by atoms with Crippen molar-refractivity contribution >= 4 is 11.5 Å². The number of amidine groups is 1. The lowest BCUT2D eigenvalue weighted by molar-refractivity contribution is 1.27. The van der Waals surface area contributed by atoms with Crippen LogP contribution in [-0.2, 0) is 0 Å². The van der Waals surface area contributed by atoms with Crippen LogP contribution in [0, 0.1) is 10.8 Å². The van der Waals surface area contributed by atoms with Crippen molar-refractivity contribution in [3.63, 3.8) is 0 Å². The first-order valence-corrected chi connectivity index (χ1v) is 7.47. The van der Waals surface area contributed by atoms with E-state index < -0.39 is 0 Å². The fourth-order valence-electron chi connectivity index (χ4n) is 2.32. The molecule has 5 heteroatoms. The zero-order valence-corrected chi connectivity index (χ0v) is 13.2. The van der Waals surface area contributed by atoms with E-state index in [1.807, 2.05) is 48.5 Å². The average molecular weight is 315 g/mol. The van der Waals surface area contributed by atoms with Crippen molar-refractivity contribution in [1.29, 1.82) is 10.8 Å². The maximum Gasteiger partial charge on any atom is 0.122 e. The molecule has 24 heavy (non-hydrogen) atoms. The first-order chi connectivity index (χ1) is 11.5. The highest BCUT2D eigenvalue weighted by molar-refractivity contribution is 5.96. The number of nitrogens with two attached hydrogens (primary N) is 1. The van der Waals surface area contributed by atoms with Crippen LogP contribution in [0.25, 0.3) is 22.5 Å². The first kappa shape index (κ1) is 15.6. The molecule has 2 heterocycles. The lowest BCUT2D eigenvalue weighted by atomic mass is 10.1. The summed E-state index contributed by atoms with van der Waals surface area (Å²) in [5.74, 6) is 0.0551. The highest BCUT2D eigenvalue weighted by Crippen LogP contribution is 2.22. The smallest absolute Gasteiger partial charge is 0.122 e. The maximum absolute atomic E-state index is 7.60. The molecule has 0 radical (unpaired) electrons. The molecule has 0 spiro atoms. The highest BCUT2D eigenvalue weighted by atomic mass is 14.7. The molecule has 118 valence electrons. The Kier molecular flexibility index (Phi) is 4.16. The van der Waals surface area contributed by atoms with Crippen LogP contribution < -0.4 is 5.73 Å². The summed E-state index contributed by atoms with van der Waals surface area (Å²) in [5, 5.41) is 15.0. The van der Waals surface area contributed by atoms with Crippen molar-refractivity contribution in [2.75, 3.05) is 0 Å². The van der Waals surface area contributed by atoms with Crippen LogP contribution in [0.1, 0.15) is 18.1 Å². The summed E-state index contributed by atoms with van der Waals surface area (Å²) in [7, 11) is 0. The van der Waals surface area contributed by atoms with E-state index in [0.717, 1.165) is 28.1 Å². The summed E-state index contributed by atoms with van der Waals surface area (Å²) < 4.78 is 0. The molecular formula is C19H17N5. The normalized spacial score (nSPS) is 10.4. The molecule has 0 aliphatic rings. The minimum atomic E-state index is 0.0551. The molecular weight excluding hydrogens is 298 g/mol. The van der Waals surface area contributed by atoms with E-state index in [-0.39, 0.29) is 5.84 Å². The van der Waals surface area contributed by atoms with Gasteiger partial charge in [0.25, 0.3) is 0 Å². The Hall–Kier alpha value is -3.34. The molecule has 4 N–H and O–H groups in total. The van der Waals surface area contributed by atoms with E-state index in [4.69, 9.17) is 16.6 Å². The Bertz CT molecular complexity index is 802. The second kappa shape index (κ2) is 6.42. The van der Waals surface area contributed by atoms with Gasteiger partial charge in [-0.3, -0.25) is 15.4 Å². The largest absolute Gasteiger partial charge is 0.384 e.